The minimum atomic E-state index is 0.245. The van der Waals surface area contributed by atoms with Crippen molar-refractivity contribution in [3.8, 4) is 11.4 Å². The van der Waals surface area contributed by atoms with Crippen molar-refractivity contribution in [3.05, 3.63) is 121 Å². The van der Waals surface area contributed by atoms with Gasteiger partial charge in [-0.3, -0.25) is 0 Å². The van der Waals surface area contributed by atoms with Crippen LogP contribution in [-0.4, -0.2) is 32.7 Å². The van der Waals surface area contributed by atoms with E-state index < -0.39 is 0 Å². The van der Waals surface area contributed by atoms with Crippen LogP contribution in [0.2, 0.25) is 0 Å². The highest BCUT2D eigenvalue weighted by Gasteiger charge is 2.29. The summed E-state index contributed by atoms with van der Waals surface area (Å²) >= 11 is 0. The molecule has 0 saturated heterocycles. The summed E-state index contributed by atoms with van der Waals surface area (Å²) in [6.45, 7) is 8.83. The molecule has 6 rings (SSSR count). The molecule has 0 amide bonds. The van der Waals surface area contributed by atoms with Crippen molar-refractivity contribution in [1.82, 2.24) is 19.5 Å². The number of allylic oxidation sites excluding steroid dienone is 2. The van der Waals surface area contributed by atoms with Gasteiger partial charge in [0.25, 0.3) is 0 Å². The maximum Gasteiger partial charge on any atom is 0.229 e. The van der Waals surface area contributed by atoms with Gasteiger partial charge in [0.1, 0.15) is 18.2 Å². The molecule has 196 valence electrons. The zero-order chi connectivity index (χ0) is 26.6. The van der Waals surface area contributed by atoms with Gasteiger partial charge < -0.3 is 19.9 Å². The minimum Gasteiger partial charge on any atom is -0.487 e. The van der Waals surface area contributed by atoms with E-state index in [1.54, 1.807) is 6.08 Å². The summed E-state index contributed by atoms with van der Waals surface area (Å²) in [5.74, 6) is 2.76. The highest BCUT2D eigenvalue weighted by atomic mass is 16.5. The molecule has 0 fully saturated rings. The Morgan fingerprint density at radius 1 is 1.05 bits per heavy atom. The Morgan fingerprint density at radius 3 is 2.72 bits per heavy atom. The first-order chi connectivity index (χ1) is 19.2. The summed E-state index contributed by atoms with van der Waals surface area (Å²) in [4.78, 5) is 14.5. The predicted molar refractivity (Wildman–Crippen MR) is 156 cm³/mol. The average molecular weight is 517 g/mol. The monoisotopic (exact) mass is 516 g/mol. The molecule has 2 aliphatic rings. The second-order valence-electron chi connectivity index (χ2n) is 9.79. The largest absolute Gasteiger partial charge is 0.487 e. The van der Waals surface area contributed by atoms with E-state index in [-0.39, 0.29) is 5.92 Å². The van der Waals surface area contributed by atoms with E-state index in [4.69, 9.17) is 14.7 Å². The fraction of sp³-hybridized carbons (Fsp3) is 0.219. The van der Waals surface area contributed by atoms with Crippen molar-refractivity contribution >= 4 is 17.5 Å². The lowest BCUT2D eigenvalue weighted by molar-refractivity contribution is 0.362. The summed E-state index contributed by atoms with van der Waals surface area (Å²) < 4.78 is 8.05. The predicted octanol–water partition coefficient (Wildman–Crippen LogP) is 6.69. The Kier molecular flexibility index (Phi) is 6.95. The Morgan fingerprint density at radius 2 is 1.92 bits per heavy atom. The maximum absolute atomic E-state index is 6.06. The first-order valence-corrected chi connectivity index (χ1v) is 13.4. The van der Waals surface area contributed by atoms with Crippen LogP contribution < -0.4 is 15.4 Å². The van der Waals surface area contributed by atoms with Crippen molar-refractivity contribution < 1.29 is 4.74 Å². The van der Waals surface area contributed by atoms with Crippen molar-refractivity contribution in [1.29, 1.82) is 0 Å². The van der Waals surface area contributed by atoms with Gasteiger partial charge in [-0.15, -0.1) is 6.58 Å². The third kappa shape index (κ3) is 5.34. The number of fused-ring (bicyclic) bond motifs is 1. The molecule has 2 aromatic heterocycles. The maximum atomic E-state index is 6.06. The number of hydrogen-bond donors (Lipinski definition) is 2. The summed E-state index contributed by atoms with van der Waals surface area (Å²) in [6.07, 6.45) is 14.6. The molecule has 0 aliphatic heterocycles. The highest BCUT2D eigenvalue weighted by Crippen LogP contribution is 2.40. The van der Waals surface area contributed by atoms with Gasteiger partial charge in [-0.25, -0.2) is 9.97 Å². The lowest BCUT2D eigenvalue weighted by atomic mass is 9.97. The molecule has 4 aromatic rings. The summed E-state index contributed by atoms with van der Waals surface area (Å²) in [5, 5.41) is 6.96. The fourth-order valence-electron chi connectivity index (χ4n) is 5.06. The molecule has 2 heterocycles. The SMILES string of the molecule is C=CCCNc1nc(Nc2ccc(-n3cnc(C4C=C4)c3)c(OCC=C)c2)nc2c1CCC2c1ccccc1. The van der Waals surface area contributed by atoms with Gasteiger partial charge in [-0.1, -0.05) is 61.2 Å². The molecule has 0 bridgehead atoms. The summed E-state index contributed by atoms with van der Waals surface area (Å²) in [5.41, 5.74) is 6.34. The molecule has 2 N–H and O–H groups in total. The lowest BCUT2D eigenvalue weighted by Gasteiger charge is -2.17. The average Bonchev–Trinajstić information content (AvgIpc) is 3.54. The third-order valence-electron chi connectivity index (χ3n) is 7.07. The van der Waals surface area contributed by atoms with Crippen LogP contribution in [0.3, 0.4) is 0 Å². The van der Waals surface area contributed by atoms with Crippen LogP contribution in [0, 0.1) is 0 Å². The van der Waals surface area contributed by atoms with Gasteiger partial charge in [-0.05, 0) is 37.0 Å². The van der Waals surface area contributed by atoms with Crippen LogP contribution in [0.4, 0.5) is 17.5 Å². The first-order valence-electron chi connectivity index (χ1n) is 13.4. The van der Waals surface area contributed by atoms with E-state index in [2.05, 4.69) is 71.3 Å². The quantitative estimate of drug-likeness (QED) is 0.161. The number of hydrogen-bond acceptors (Lipinski definition) is 6. The number of ether oxygens (including phenoxy) is 1. The van der Waals surface area contributed by atoms with E-state index >= 15 is 0 Å². The zero-order valence-corrected chi connectivity index (χ0v) is 21.9. The van der Waals surface area contributed by atoms with Crippen molar-refractivity contribution in [3.63, 3.8) is 0 Å². The van der Waals surface area contributed by atoms with Crippen molar-refractivity contribution in [2.24, 2.45) is 0 Å². The second kappa shape index (κ2) is 11.0. The number of aromatic nitrogens is 4. The molecular weight excluding hydrogens is 484 g/mol. The molecule has 7 nitrogen and oxygen atoms in total. The van der Waals surface area contributed by atoms with Crippen LogP contribution in [-0.2, 0) is 6.42 Å². The normalized spacial score (nSPS) is 15.5. The Hall–Kier alpha value is -4.65. The van der Waals surface area contributed by atoms with E-state index in [0.29, 0.717) is 18.5 Å². The standard InChI is InChI=1S/C32H32N6O/c1-3-5-17-33-31-26-15-14-25(22-9-7-6-8-10-22)30(26)36-32(37-31)35-24-13-16-28(29(19-24)39-18-4-2)38-20-27(34-21-38)23-11-12-23/h3-4,6-13,16,19-21,23,25H,1-2,5,14-15,17-18H2,(H2,33,35,36,37). The molecular formula is C32H32N6O. The van der Waals surface area contributed by atoms with Crippen molar-refractivity contribution in [2.75, 3.05) is 23.8 Å². The Labute approximate surface area is 229 Å². The molecule has 2 aromatic carbocycles. The summed E-state index contributed by atoms with van der Waals surface area (Å²) in [7, 11) is 0. The van der Waals surface area contributed by atoms with Gasteiger partial charge in [-0.2, -0.15) is 4.98 Å². The van der Waals surface area contributed by atoms with Gasteiger partial charge >= 0.3 is 0 Å². The number of nitrogens with zero attached hydrogens (tertiary/aromatic N) is 4. The first kappa shape index (κ1) is 24.7. The van der Waals surface area contributed by atoms with Crippen LogP contribution in [0.1, 0.15) is 47.2 Å². The topological polar surface area (TPSA) is 76.9 Å². The molecule has 0 saturated carbocycles. The lowest BCUT2D eigenvalue weighted by Crippen LogP contribution is -2.11. The molecule has 0 spiro atoms. The Balaban J connectivity index is 1.32. The minimum absolute atomic E-state index is 0.245. The van der Waals surface area contributed by atoms with Crippen molar-refractivity contribution in [2.45, 2.75) is 31.1 Å². The number of rotatable bonds is 12. The van der Waals surface area contributed by atoms with E-state index in [9.17, 15) is 0 Å². The summed E-state index contributed by atoms with van der Waals surface area (Å²) in [6, 6.07) is 16.6. The van der Waals surface area contributed by atoms with Gasteiger partial charge in [0.05, 0.1) is 23.4 Å². The van der Waals surface area contributed by atoms with Gasteiger partial charge in [0.15, 0.2) is 0 Å². The number of benzene rings is 2. The van der Waals surface area contributed by atoms with E-state index in [0.717, 1.165) is 60.1 Å². The molecule has 1 unspecified atom stereocenters. The number of anilines is 3. The fourth-order valence-corrected chi connectivity index (χ4v) is 5.06. The molecule has 1 atom stereocenters. The third-order valence-corrected chi connectivity index (χ3v) is 7.07. The van der Waals surface area contributed by atoms with E-state index in [1.807, 2.05) is 41.4 Å². The molecule has 0 radical (unpaired) electrons. The highest BCUT2D eigenvalue weighted by molar-refractivity contribution is 5.64. The van der Waals surface area contributed by atoms with Crippen LogP contribution in [0.15, 0.2) is 98.5 Å². The molecule has 2 aliphatic carbocycles. The van der Waals surface area contributed by atoms with Gasteiger partial charge in [0, 0.05) is 41.9 Å². The smallest absolute Gasteiger partial charge is 0.229 e. The number of nitrogens with one attached hydrogen (secondary N) is 2. The second-order valence-corrected chi connectivity index (χ2v) is 9.79. The molecule has 7 heteroatoms. The van der Waals surface area contributed by atoms with Crippen LogP contribution in [0.5, 0.6) is 5.75 Å². The number of imidazole rings is 1. The van der Waals surface area contributed by atoms with Crippen LogP contribution >= 0.6 is 0 Å². The Bertz CT molecular complexity index is 1520. The van der Waals surface area contributed by atoms with Gasteiger partial charge in [0.2, 0.25) is 5.95 Å². The van der Waals surface area contributed by atoms with E-state index in [1.165, 1.54) is 11.1 Å². The molecule has 39 heavy (non-hydrogen) atoms. The van der Waals surface area contributed by atoms with Crippen LogP contribution in [0.25, 0.3) is 5.69 Å². The zero-order valence-electron chi connectivity index (χ0n) is 21.9.